The van der Waals surface area contributed by atoms with Gasteiger partial charge in [0.1, 0.15) is 11.5 Å². The SMILES string of the molecule is Cc1cc(O[Si](C(C)C)(C(C)C)C(C)C)cc(C)c1Nc1ccc(OCOCC(C)C)cc1. The van der Waals surface area contributed by atoms with E-state index in [1.165, 1.54) is 11.1 Å². The van der Waals surface area contributed by atoms with E-state index in [2.05, 4.69) is 86.7 Å². The van der Waals surface area contributed by atoms with Gasteiger partial charge in [0.05, 0.1) is 6.61 Å². The highest BCUT2D eigenvalue weighted by atomic mass is 28.4. The lowest BCUT2D eigenvalue weighted by Gasteiger charge is -2.42. The van der Waals surface area contributed by atoms with E-state index in [1.807, 2.05) is 24.3 Å². The van der Waals surface area contributed by atoms with E-state index in [4.69, 9.17) is 13.9 Å². The van der Waals surface area contributed by atoms with Crippen LogP contribution in [0.3, 0.4) is 0 Å². The Labute approximate surface area is 203 Å². The van der Waals surface area contributed by atoms with Crippen LogP contribution in [0.5, 0.6) is 11.5 Å². The van der Waals surface area contributed by atoms with E-state index >= 15 is 0 Å². The molecule has 0 spiro atoms. The maximum atomic E-state index is 6.91. The van der Waals surface area contributed by atoms with Gasteiger partial charge in [-0.15, -0.1) is 0 Å². The molecule has 0 saturated carbocycles. The monoisotopic (exact) mass is 471 g/mol. The van der Waals surface area contributed by atoms with Gasteiger partial charge in [0, 0.05) is 11.4 Å². The number of anilines is 2. The lowest BCUT2D eigenvalue weighted by Crippen LogP contribution is -2.50. The van der Waals surface area contributed by atoms with Gasteiger partial charge in [0.25, 0.3) is 8.32 Å². The molecule has 0 radical (unpaired) electrons. The Balaban J connectivity index is 2.14. The molecule has 33 heavy (non-hydrogen) atoms. The standard InChI is InChI=1S/C28H45NO3Si/c1-19(2)17-30-18-31-26-13-11-25(12-14-26)29-28-23(9)15-27(16-24(28)10)32-33(20(3)4,21(5)6)22(7)8/h11-16,19-22,29H,17-18H2,1-10H3. The molecule has 0 aliphatic rings. The highest BCUT2D eigenvalue weighted by molar-refractivity contribution is 6.78. The van der Waals surface area contributed by atoms with Crippen LogP contribution in [0.25, 0.3) is 0 Å². The molecular weight excluding hydrogens is 426 g/mol. The van der Waals surface area contributed by atoms with Crippen LogP contribution in [0.4, 0.5) is 11.4 Å². The fourth-order valence-electron chi connectivity index (χ4n) is 4.91. The van der Waals surface area contributed by atoms with E-state index in [0.717, 1.165) is 22.9 Å². The molecule has 0 saturated heterocycles. The molecule has 0 atom stereocenters. The molecule has 0 fully saturated rings. The fraction of sp³-hybridized carbons (Fsp3) is 0.571. The third kappa shape index (κ3) is 7.00. The largest absolute Gasteiger partial charge is 0.543 e. The number of aryl methyl sites for hydroxylation is 2. The second kappa shape index (κ2) is 11.9. The lowest BCUT2D eigenvalue weighted by atomic mass is 10.1. The predicted octanol–water partition coefficient (Wildman–Crippen LogP) is 8.61. The van der Waals surface area contributed by atoms with Crippen LogP contribution in [0.1, 0.15) is 66.5 Å². The molecule has 0 bridgehead atoms. The first-order valence-corrected chi connectivity index (χ1v) is 14.5. The summed E-state index contributed by atoms with van der Waals surface area (Å²) in [7, 11) is -1.98. The second-order valence-electron chi connectivity index (χ2n) is 10.5. The highest BCUT2D eigenvalue weighted by Gasteiger charge is 2.47. The molecule has 0 unspecified atom stereocenters. The zero-order chi connectivity index (χ0) is 24.8. The molecule has 5 heteroatoms. The average molecular weight is 472 g/mol. The van der Waals surface area contributed by atoms with Crippen LogP contribution in [0.15, 0.2) is 36.4 Å². The smallest absolute Gasteiger partial charge is 0.258 e. The number of rotatable bonds is 12. The molecule has 4 nitrogen and oxygen atoms in total. The minimum atomic E-state index is -1.98. The van der Waals surface area contributed by atoms with Gasteiger partial charge in [-0.1, -0.05) is 55.4 Å². The summed E-state index contributed by atoms with van der Waals surface area (Å²) in [5.41, 5.74) is 6.17. The molecule has 2 aromatic rings. The Hall–Kier alpha value is -1.98. The van der Waals surface area contributed by atoms with Crippen LogP contribution in [0.2, 0.25) is 16.6 Å². The molecule has 2 aromatic carbocycles. The Morgan fingerprint density at radius 2 is 1.27 bits per heavy atom. The van der Waals surface area contributed by atoms with Crippen LogP contribution in [-0.4, -0.2) is 21.7 Å². The van der Waals surface area contributed by atoms with E-state index < -0.39 is 8.32 Å². The molecule has 0 heterocycles. The van der Waals surface area contributed by atoms with Crippen molar-refractivity contribution in [3.05, 3.63) is 47.5 Å². The lowest BCUT2D eigenvalue weighted by molar-refractivity contribution is 0.00273. The van der Waals surface area contributed by atoms with Crippen molar-refractivity contribution < 1.29 is 13.9 Å². The summed E-state index contributed by atoms with van der Waals surface area (Å²) in [6.45, 7) is 23.5. The molecule has 0 aliphatic heterocycles. The second-order valence-corrected chi connectivity index (χ2v) is 15.9. The quantitative estimate of drug-likeness (QED) is 0.191. The van der Waals surface area contributed by atoms with Crippen molar-refractivity contribution in [2.45, 2.75) is 85.9 Å². The van der Waals surface area contributed by atoms with Crippen LogP contribution in [0, 0.1) is 19.8 Å². The van der Waals surface area contributed by atoms with Crippen LogP contribution in [-0.2, 0) is 4.74 Å². The molecule has 1 N–H and O–H groups in total. The summed E-state index contributed by atoms with van der Waals surface area (Å²) in [5.74, 6) is 2.31. The van der Waals surface area contributed by atoms with E-state index in [0.29, 0.717) is 29.1 Å². The van der Waals surface area contributed by atoms with Gasteiger partial charge >= 0.3 is 0 Å². The summed E-state index contributed by atoms with van der Waals surface area (Å²) in [6, 6.07) is 12.4. The Morgan fingerprint density at radius 1 is 0.758 bits per heavy atom. The van der Waals surface area contributed by atoms with E-state index in [-0.39, 0.29) is 6.79 Å². The molecule has 0 aromatic heterocycles. The summed E-state index contributed by atoms with van der Waals surface area (Å²) in [4.78, 5) is 0. The summed E-state index contributed by atoms with van der Waals surface area (Å²) >= 11 is 0. The minimum Gasteiger partial charge on any atom is -0.543 e. The molecule has 0 aliphatic carbocycles. The summed E-state index contributed by atoms with van der Waals surface area (Å²) < 4.78 is 18.1. The van der Waals surface area contributed by atoms with Gasteiger partial charge in [-0.25, -0.2) is 0 Å². The van der Waals surface area contributed by atoms with Crippen molar-refractivity contribution in [1.82, 2.24) is 0 Å². The normalized spacial score (nSPS) is 12.2. The Kier molecular flexibility index (Phi) is 9.86. The highest BCUT2D eigenvalue weighted by Crippen LogP contribution is 2.43. The zero-order valence-corrected chi connectivity index (χ0v) is 23.4. The third-order valence-corrected chi connectivity index (χ3v) is 12.4. The Morgan fingerprint density at radius 3 is 1.73 bits per heavy atom. The van der Waals surface area contributed by atoms with Crippen molar-refractivity contribution in [3.63, 3.8) is 0 Å². The average Bonchev–Trinajstić information content (AvgIpc) is 2.72. The van der Waals surface area contributed by atoms with Crippen molar-refractivity contribution in [3.8, 4) is 11.5 Å². The van der Waals surface area contributed by atoms with Crippen LogP contribution >= 0.6 is 0 Å². The summed E-state index contributed by atoms with van der Waals surface area (Å²) in [5, 5.41) is 3.58. The fourth-order valence-corrected chi connectivity index (χ4v) is 10.1. The van der Waals surface area contributed by atoms with Crippen molar-refractivity contribution >= 4 is 19.7 Å². The van der Waals surface area contributed by atoms with E-state index in [1.54, 1.807) is 0 Å². The predicted molar refractivity (Wildman–Crippen MR) is 144 cm³/mol. The molecular formula is C28H45NO3Si. The minimum absolute atomic E-state index is 0.276. The number of hydrogen-bond donors (Lipinski definition) is 1. The van der Waals surface area contributed by atoms with E-state index in [9.17, 15) is 0 Å². The first-order chi connectivity index (χ1) is 15.5. The molecule has 184 valence electrons. The van der Waals surface area contributed by atoms with Crippen LogP contribution < -0.4 is 14.5 Å². The van der Waals surface area contributed by atoms with Gasteiger partial charge in [-0.2, -0.15) is 0 Å². The van der Waals surface area contributed by atoms with Crippen molar-refractivity contribution in [2.75, 3.05) is 18.7 Å². The number of nitrogens with one attached hydrogen (secondary N) is 1. The van der Waals surface area contributed by atoms with Crippen molar-refractivity contribution in [1.29, 1.82) is 0 Å². The molecule has 2 rings (SSSR count). The zero-order valence-electron chi connectivity index (χ0n) is 22.4. The van der Waals surface area contributed by atoms with Gasteiger partial charge in [-0.3, -0.25) is 0 Å². The molecule has 0 amide bonds. The summed E-state index contributed by atoms with van der Waals surface area (Å²) in [6.07, 6.45) is 0. The first-order valence-electron chi connectivity index (χ1n) is 12.3. The maximum absolute atomic E-state index is 6.91. The van der Waals surface area contributed by atoms with Gasteiger partial charge in [-0.05, 0) is 83.9 Å². The number of benzene rings is 2. The van der Waals surface area contributed by atoms with Gasteiger partial charge in [0.2, 0.25) is 0 Å². The maximum Gasteiger partial charge on any atom is 0.258 e. The Bertz CT molecular complexity index is 830. The van der Waals surface area contributed by atoms with Gasteiger partial charge < -0.3 is 19.2 Å². The van der Waals surface area contributed by atoms with Gasteiger partial charge in [0.15, 0.2) is 6.79 Å². The number of ether oxygens (including phenoxy) is 2. The topological polar surface area (TPSA) is 39.7 Å². The van der Waals surface area contributed by atoms with Crippen molar-refractivity contribution in [2.24, 2.45) is 5.92 Å². The first kappa shape index (κ1) is 27.3. The number of hydrogen-bond acceptors (Lipinski definition) is 4. The third-order valence-electron chi connectivity index (χ3n) is 6.39.